The number of oxazole rings is 1. The van der Waals surface area contributed by atoms with E-state index >= 15 is 0 Å². The highest BCUT2D eigenvalue weighted by molar-refractivity contribution is 5.55. The molecule has 0 fully saturated rings. The molecule has 0 atom stereocenters. The minimum atomic E-state index is 0.0829. The average molecular weight is 258 g/mol. The molecule has 3 heteroatoms. The summed E-state index contributed by atoms with van der Waals surface area (Å²) in [6, 6.07) is 6.26. The van der Waals surface area contributed by atoms with Gasteiger partial charge in [0.15, 0.2) is 0 Å². The zero-order chi connectivity index (χ0) is 14.0. The Morgan fingerprint density at radius 3 is 2.53 bits per heavy atom. The van der Waals surface area contributed by atoms with Gasteiger partial charge in [-0.15, -0.1) is 0 Å². The fraction of sp³-hybridized carbons (Fsp3) is 0.438. The van der Waals surface area contributed by atoms with Crippen LogP contribution in [0.3, 0.4) is 0 Å². The van der Waals surface area contributed by atoms with E-state index in [4.69, 9.17) is 4.42 Å². The first kappa shape index (κ1) is 13.8. The highest BCUT2D eigenvalue weighted by Gasteiger charge is 2.11. The van der Waals surface area contributed by atoms with E-state index in [-0.39, 0.29) is 5.54 Å². The first-order valence-electron chi connectivity index (χ1n) is 6.62. The van der Waals surface area contributed by atoms with Gasteiger partial charge in [0.2, 0.25) is 5.89 Å². The maximum absolute atomic E-state index is 5.56. The fourth-order valence-electron chi connectivity index (χ4n) is 1.75. The van der Waals surface area contributed by atoms with Gasteiger partial charge in [0, 0.05) is 17.6 Å². The summed E-state index contributed by atoms with van der Waals surface area (Å²) in [5.74, 6) is 0.689. The summed E-state index contributed by atoms with van der Waals surface area (Å²) in [5.41, 5.74) is 4.59. The molecule has 102 valence electrons. The van der Waals surface area contributed by atoms with E-state index in [2.05, 4.69) is 63.1 Å². The molecule has 0 bridgehead atoms. The van der Waals surface area contributed by atoms with Gasteiger partial charge in [0.25, 0.3) is 0 Å². The van der Waals surface area contributed by atoms with Crippen molar-refractivity contribution in [2.24, 2.45) is 0 Å². The van der Waals surface area contributed by atoms with Gasteiger partial charge in [-0.3, -0.25) is 0 Å². The van der Waals surface area contributed by atoms with Crippen molar-refractivity contribution in [3.05, 3.63) is 41.3 Å². The van der Waals surface area contributed by atoms with Gasteiger partial charge in [0.05, 0.1) is 5.69 Å². The van der Waals surface area contributed by atoms with Gasteiger partial charge in [-0.05, 0) is 57.9 Å². The summed E-state index contributed by atoms with van der Waals surface area (Å²) in [4.78, 5) is 4.53. The molecule has 0 aliphatic rings. The molecule has 2 aromatic rings. The van der Waals surface area contributed by atoms with E-state index in [0.29, 0.717) is 5.89 Å². The van der Waals surface area contributed by atoms with Crippen LogP contribution in [0.2, 0.25) is 0 Å². The summed E-state index contributed by atoms with van der Waals surface area (Å²) in [6.45, 7) is 11.3. The molecule has 2 rings (SSSR count). The number of hydrogen-bond acceptors (Lipinski definition) is 3. The van der Waals surface area contributed by atoms with Crippen LogP contribution in [0.1, 0.15) is 37.6 Å². The number of rotatable bonds is 3. The molecule has 0 saturated carbocycles. The van der Waals surface area contributed by atoms with Crippen LogP contribution in [0.25, 0.3) is 11.5 Å². The normalized spacial score (nSPS) is 11.8. The van der Waals surface area contributed by atoms with Crippen molar-refractivity contribution in [1.29, 1.82) is 0 Å². The van der Waals surface area contributed by atoms with Crippen LogP contribution in [-0.4, -0.2) is 10.5 Å². The van der Waals surface area contributed by atoms with Gasteiger partial charge in [-0.25, -0.2) is 4.98 Å². The fourth-order valence-corrected chi connectivity index (χ4v) is 1.75. The highest BCUT2D eigenvalue weighted by Crippen LogP contribution is 2.21. The van der Waals surface area contributed by atoms with Crippen LogP contribution in [0, 0.1) is 13.8 Å². The Bertz CT molecular complexity index is 564. The van der Waals surface area contributed by atoms with Crippen molar-refractivity contribution in [3.8, 4) is 11.5 Å². The molecular formula is C16H22N2O. The first-order chi connectivity index (χ1) is 8.85. The second-order valence-corrected chi connectivity index (χ2v) is 6.05. The number of hydrogen-bond donors (Lipinski definition) is 1. The van der Waals surface area contributed by atoms with Crippen LogP contribution in [0.4, 0.5) is 0 Å². The Morgan fingerprint density at radius 1 is 1.16 bits per heavy atom. The summed E-state index contributed by atoms with van der Waals surface area (Å²) in [7, 11) is 0. The average Bonchev–Trinajstić information content (AvgIpc) is 2.78. The number of benzene rings is 1. The second-order valence-electron chi connectivity index (χ2n) is 6.05. The lowest BCUT2D eigenvalue weighted by Gasteiger charge is -2.19. The van der Waals surface area contributed by atoms with Gasteiger partial charge < -0.3 is 9.73 Å². The maximum Gasteiger partial charge on any atom is 0.226 e. The Morgan fingerprint density at radius 2 is 1.89 bits per heavy atom. The van der Waals surface area contributed by atoms with E-state index < -0.39 is 0 Å². The molecule has 1 heterocycles. The summed E-state index contributed by atoms with van der Waals surface area (Å²) in [6.07, 6.45) is 1.73. The van der Waals surface area contributed by atoms with Gasteiger partial charge in [-0.1, -0.05) is 6.07 Å². The van der Waals surface area contributed by atoms with Crippen LogP contribution in [-0.2, 0) is 6.54 Å². The number of aromatic nitrogens is 1. The van der Waals surface area contributed by atoms with Crippen LogP contribution in [0.15, 0.2) is 28.9 Å². The Balaban J connectivity index is 2.14. The molecular weight excluding hydrogens is 236 g/mol. The van der Waals surface area contributed by atoms with E-state index in [1.54, 1.807) is 6.26 Å². The van der Waals surface area contributed by atoms with E-state index in [1.165, 1.54) is 11.1 Å². The van der Waals surface area contributed by atoms with Crippen molar-refractivity contribution >= 4 is 0 Å². The largest absolute Gasteiger partial charge is 0.444 e. The van der Waals surface area contributed by atoms with E-state index in [9.17, 15) is 0 Å². The van der Waals surface area contributed by atoms with E-state index in [0.717, 1.165) is 17.8 Å². The van der Waals surface area contributed by atoms with Crippen molar-refractivity contribution in [2.75, 3.05) is 0 Å². The van der Waals surface area contributed by atoms with Gasteiger partial charge in [-0.2, -0.15) is 0 Å². The molecule has 0 unspecified atom stereocenters. The minimum Gasteiger partial charge on any atom is -0.444 e. The predicted molar refractivity (Wildman–Crippen MR) is 78.0 cm³/mol. The smallest absolute Gasteiger partial charge is 0.226 e. The highest BCUT2D eigenvalue weighted by atomic mass is 16.3. The predicted octanol–water partition coefficient (Wildman–Crippen LogP) is 3.85. The van der Waals surface area contributed by atoms with Crippen LogP contribution < -0.4 is 5.32 Å². The summed E-state index contributed by atoms with van der Waals surface area (Å²) < 4.78 is 5.56. The van der Waals surface area contributed by atoms with Crippen LogP contribution >= 0.6 is 0 Å². The SMILES string of the molecule is Cc1ccc(-c2nc(CNC(C)(C)C)co2)cc1C. The lowest BCUT2D eigenvalue weighted by Crippen LogP contribution is -2.35. The topological polar surface area (TPSA) is 38.1 Å². The zero-order valence-electron chi connectivity index (χ0n) is 12.4. The molecule has 0 amide bonds. The number of nitrogens with one attached hydrogen (secondary N) is 1. The number of nitrogens with zero attached hydrogens (tertiary/aromatic N) is 1. The molecule has 0 saturated heterocycles. The third-order valence-electron chi connectivity index (χ3n) is 3.11. The third kappa shape index (κ3) is 3.67. The standard InChI is InChI=1S/C16H22N2O/c1-11-6-7-13(8-12(11)2)15-18-14(10-19-15)9-17-16(3,4)5/h6-8,10,17H,9H2,1-5H3. The molecule has 1 N–H and O–H groups in total. The van der Waals surface area contributed by atoms with Crippen molar-refractivity contribution in [2.45, 2.75) is 46.7 Å². The quantitative estimate of drug-likeness (QED) is 0.908. The molecule has 0 aliphatic heterocycles. The first-order valence-corrected chi connectivity index (χ1v) is 6.62. The van der Waals surface area contributed by atoms with E-state index in [1.807, 2.05) is 0 Å². The minimum absolute atomic E-state index is 0.0829. The van der Waals surface area contributed by atoms with Crippen molar-refractivity contribution in [1.82, 2.24) is 10.3 Å². The molecule has 3 nitrogen and oxygen atoms in total. The van der Waals surface area contributed by atoms with Crippen molar-refractivity contribution in [3.63, 3.8) is 0 Å². The molecule has 0 spiro atoms. The Kier molecular flexibility index (Phi) is 3.76. The molecule has 0 radical (unpaired) electrons. The second kappa shape index (κ2) is 5.17. The molecule has 1 aromatic carbocycles. The van der Waals surface area contributed by atoms with Gasteiger partial charge in [0.1, 0.15) is 6.26 Å². The summed E-state index contributed by atoms with van der Waals surface area (Å²) >= 11 is 0. The third-order valence-corrected chi connectivity index (χ3v) is 3.11. The summed E-state index contributed by atoms with van der Waals surface area (Å²) in [5, 5.41) is 3.40. The molecule has 0 aliphatic carbocycles. The Hall–Kier alpha value is -1.61. The zero-order valence-corrected chi connectivity index (χ0v) is 12.4. The number of aryl methyl sites for hydroxylation is 2. The monoisotopic (exact) mass is 258 g/mol. The van der Waals surface area contributed by atoms with Crippen molar-refractivity contribution < 1.29 is 4.42 Å². The molecule has 19 heavy (non-hydrogen) atoms. The van der Waals surface area contributed by atoms with Gasteiger partial charge >= 0.3 is 0 Å². The maximum atomic E-state index is 5.56. The molecule has 1 aromatic heterocycles. The Labute approximate surface area is 115 Å². The van der Waals surface area contributed by atoms with Crippen LogP contribution in [0.5, 0.6) is 0 Å². The lowest BCUT2D eigenvalue weighted by atomic mass is 10.1. The lowest BCUT2D eigenvalue weighted by molar-refractivity contribution is 0.421.